The molecular weight excluding hydrogens is 650 g/mol. The third-order valence-electron chi connectivity index (χ3n) is 6.62. The van der Waals surface area contributed by atoms with Gasteiger partial charge < -0.3 is 45.9 Å². The number of hydrogen-bond donors (Lipinski definition) is 3. The monoisotopic (exact) mass is 670 g/mol. The maximum absolute atomic E-state index is 15.9. The van der Waals surface area contributed by atoms with Crippen molar-refractivity contribution < 1.29 is 45.8 Å². The van der Waals surface area contributed by atoms with Gasteiger partial charge in [-0.3, -0.25) is 28.0 Å². The molecular formula is C19H20F2N7O10P2S2-. The van der Waals surface area contributed by atoms with Gasteiger partial charge in [0.05, 0.1) is 19.5 Å². The summed E-state index contributed by atoms with van der Waals surface area (Å²) in [6, 6.07) is 0.957. The van der Waals surface area contributed by atoms with E-state index in [1.54, 1.807) is 0 Å². The van der Waals surface area contributed by atoms with E-state index in [1.807, 2.05) is 4.98 Å². The van der Waals surface area contributed by atoms with Crippen LogP contribution in [0.5, 0.6) is 0 Å². The third kappa shape index (κ3) is 5.59. The molecule has 42 heavy (non-hydrogen) atoms. The van der Waals surface area contributed by atoms with Crippen molar-refractivity contribution in [2.24, 2.45) is 0 Å². The van der Waals surface area contributed by atoms with Crippen LogP contribution in [0.25, 0.3) is 11.2 Å². The normalized spacial score (nSPS) is 39.3. The smallest absolute Gasteiger partial charge is 0.330 e. The third-order valence-corrected chi connectivity index (χ3v) is 9.73. The lowest BCUT2D eigenvalue weighted by molar-refractivity contribution is -0.0576. The number of hydrogen-bond acceptors (Lipinski definition) is 15. The minimum absolute atomic E-state index is 0.0337. The number of alkyl halides is 2. The topological polar surface area (TPSA) is 217 Å². The van der Waals surface area contributed by atoms with Crippen LogP contribution in [0.4, 0.5) is 14.6 Å². The highest BCUT2D eigenvalue weighted by Gasteiger charge is 2.53. The molecule has 0 aromatic carbocycles. The Morgan fingerprint density at radius 2 is 1.69 bits per heavy atom. The first-order valence-electron chi connectivity index (χ1n) is 12.0. The minimum Gasteiger partial charge on any atom is -0.660 e. The summed E-state index contributed by atoms with van der Waals surface area (Å²) in [7, 11) is 0. The van der Waals surface area contributed by atoms with Gasteiger partial charge in [-0.1, -0.05) is 0 Å². The summed E-state index contributed by atoms with van der Waals surface area (Å²) in [6.45, 7) is -10.3. The van der Waals surface area contributed by atoms with Crippen LogP contribution in [0.15, 0.2) is 34.5 Å². The Hall–Kier alpha value is -2.16. The second kappa shape index (κ2) is 11.1. The van der Waals surface area contributed by atoms with Gasteiger partial charge in [0.1, 0.15) is 36.3 Å². The Morgan fingerprint density at radius 3 is 2.38 bits per heavy atom. The van der Waals surface area contributed by atoms with E-state index in [-0.39, 0.29) is 17.0 Å². The molecule has 3 saturated heterocycles. The van der Waals surface area contributed by atoms with Crippen LogP contribution in [0.3, 0.4) is 0 Å². The SMILES string of the molecule is Nc1ncnc2c1ncn2[C@@H]1O[C@@H]2COP(O)(=S)OC3[C@@H](COP(=O)([S-])OC2[C@@H]1F)O[C@@H](n1ccc(=O)[nH]c1=O)[C@H]3F. The van der Waals surface area contributed by atoms with Crippen LogP contribution in [0.1, 0.15) is 12.5 Å². The van der Waals surface area contributed by atoms with E-state index in [4.69, 9.17) is 57.4 Å². The van der Waals surface area contributed by atoms with Crippen molar-refractivity contribution in [3.05, 3.63) is 45.8 Å². The quantitative estimate of drug-likeness (QED) is 0.244. The number of nitrogens with two attached hydrogens (primary N) is 1. The molecule has 6 heterocycles. The Kier molecular flexibility index (Phi) is 7.89. The summed E-state index contributed by atoms with van der Waals surface area (Å²) in [5.74, 6) is 0.0337. The zero-order chi connectivity index (χ0) is 30.0. The molecule has 0 spiro atoms. The number of anilines is 1. The Balaban J connectivity index is 1.28. The number of nitrogens with zero attached hydrogens (tertiary/aromatic N) is 5. The first-order valence-corrected chi connectivity index (χ1v) is 17.1. The number of imidazole rings is 1. The average Bonchev–Trinajstić information content (AvgIpc) is 3.57. The van der Waals surface area contributed by atoms with Gasteiger partial charge in [-0.25, -0.2) is 28.5 Å². The number of halogens is 2. The van der Waals surface area contributed by atoms with Crippen molar-refractivity contribution in [2.45, 2.75) is 49.2 Å². The number of aromatic amines is 1. The van der Waals surface area contributed by atoms with Gasteiger partial charge >= 0.3 is 12.4 Å². The summed E-state index contributed by atoms with van der Waals surface area (Å²) >= 11 is 10.0. The van der Waals surface area contributed by atoms with Crippen LogP contribution >= 0.6 is 13.5 Å². The number of H-pyrrole nitrogens is 1. The van der Waals surface area contributed by atoms with Crippen molar-refractivity contribution in [1.29, 1.82) is 0 Å². The van der Waals surface area contributed by atoms with E-state index in [0.717, 1.165) is 23.2 Å². The Labute approximate surface area is 243 Å². The average molecular weight is 670 g/mol. The highest BCUT2D eigenvalue weighted by molar-refractivity contribution is 8.32. The van der Waals surface area contributed by atoms with Crippen molar-refractivity contribution >= 4 is 54.6 Å². The number of ether oxygens (including phenoxy) is 2. The Bertz CT molecular complexity index is 1730. The number of nitrogens with one attached hydrogen (secondary N) is 1. The molecule has 0 saturated carbocycles. The van der Waals surface area contributed by atoms with Gasteiger partial charge in [0.25, 0.3) is 5.56 Å². The molecule has 228 valence electrons. The highest BCUT2D eigenvalue weighted by atomic mass is 32.7. The van der Waals surface area contributed by atoms with Crippen LogP contribution in [-0.4, -0.2) is 83.9 Å². The minimum atomic E-state index is -4.53. The Morgan fingerprint density at radius 1 is 1.05 bits per heavy atom. The lowest BCUT2D eigenvalue weighted by atomic mass is 10.1. The fourth-order valence-electron chi connectivity index (χ4n) is 4.74. The lowest BCUT2D eigenvalue weighted by Crippen LogP contribution is -2.38. The van der Waals surface area contributed by atoms with Gasteiger partial charge in [0.2, 0.25) is 0 Å². The van der Waals surface area contributed by atoms with E-state index in [9.17, 15) is 19.0 Å². The molecule has 10 atom stereocenters. The molecule has 3 aliphatic heterocycles. The second-order valence-electron chi connectivity index (χ2n) is 9.27. The van der Waals surface area contributed by atoms with E-state index < -0.39 is 87.2 Å². The van der Waals surface area contributed by atoms with E-state index in [0.29, 0.717) is 0 Å². The van der Waals surface area contributed by atoms with Crippen molar-refractivity contribution in [3.63, 3.8) is 0 Å². The number of fused-ring (bicyclic) bond motifs is 3. The van der Waals surface area contributed by atoms with E-state index in [1.165, 1.54) is 10.9 Å². The van der Waals surface area contributed by atoms with Crippen molar-refractivity contribution in [3.8, 4) is 0 Å². The fourth-order valence-corrected chi connectivity index (χ4v) is 7.59. The molecule has 3 aromatic heterocycles. The van der Waals surface area contributed by atoms with Crippen LogP contribution < -0.4 is 17.0 Å². The molecule has 6 rings (SSSR count). The van der Waals surface area contributed by atoms with Gasteiger partial charge in [-0.05, 0) is 11.8 Å². The van der Waals surface area contributed by atoms with Crippen LogP contribution in [-0.2, 0) is 56.2 Å². The van der Waals surface area contributed by atoms with E-state index >= 15 is 8.78 Å². The molecule has 3 aliphatic rings. The zero-order valence-corrected chi connectivity index (χ0v) is 24.2. The molecule has 23 heteroatoms. The van der Waals surface area contributed by atoms with Crippen molar-refractivity contribution in [1.82, 2.24) is 29.1 Å². The van der Waals surface area contributed by atoms with Crippen LogP contribution in [0, 0.1) is 0 Å². The van der Waals surface area contributed by atoms with Gasteiger partial charge in [-0.2, -0.15) is 0 Å². The van der Waals surface area contributed by atoms with Gasteiger partial charge in [0, 0.05) is 12.3 Å². The molecule has 4 unspecified atom stereocenters. The largest absolute Gasteiger partial charge is 0.660 e. The zero-order valence-electron chi connectivity index (χ0n) is 20.7. The first-order chi connectivity index (χ1) is 19.8. The first kappa shape index (κ1) is 29.9. The number of rotatable bonds is 2. The summed E-state index contributed by atoms with van der Waals surface area (Å²) in [5, 5.41) is 0. The molecule has 0 amide bonds. The van der Waals surface area contributed by atoms with Gasteiger partial charge in [-0.15, -0.1) is 0 Å². The number of aromatic nitrogens is 6. The molecule has 0 aliphatic carbocycles. The fraction of sp³-hybridized carbons (Fsp3) is 0.526. The maximum Gasteiger partial charge on any atom is 0.330 e. The highest BCUT2D eigenvalue weighted by Crippen LogP contribution is 2.55. The summed E-state index contributed by atoms with van der Waals surface area (Å²) in [5.41, 5.74) is 4.36. The summed E-state index contributed by atoms with van der Waals surface area (Å²) in [6.07, 6.45) is -10.3. The predicted octanol–water partition coefficient (Wildman–Crippen LogP) is 0.119. The van der Waals surface area contributed by atoms with Gasteiger partial charge in [0.15, 0.2) is 43.1 Å². The lowest BCUT2D eigenvalue weighted by Gasteiger charge is -2.33. The maximum atomic E-state index is 15.9. The molecule has 3 aromatic rings. The molecule has 0 radical (unpaired) electrons. The molecule has 4 N–H and O–H groups in total. The molecule has 17 nitrogen and oxygen atoms in total. The summed E-state index contributed by atoms with van der Waals surface area (Å²) < 4.78 is 79.3. The molecule has 0 bridgehead atoms. The van der Waals surface area contributed by atoms with Crippen LogP contribution in [0.2, 0.25) is 0 Å². The van der Waals surface area contributed by atoms with E-state index in [2.05, 4.69) is 15.0 Å². The second-order valence-corrected chi connectivity index (χ2v) is 14.8. The number of nitrogen functional groups attached to an aromatic ring is 1. The standard InChI is InChI=1S/C19H21F2N7O10P2S2/c20-10-13-7(35-17(10)27-2-1-9(29)26-19(27)30)3-33-40(32,42)38-14-8(4-34-39(31,41)37-13)36-18(11(14)21)28-6-25-12-15(22)23-5-24-16(12)28/h1-2,5-8,10-11,13-14,17-18H,3-4H2,(H,31,41)(H,32,42)(H2,22,23,24)(H,26,29,30)/p-1/t7-,8-,10+,11+,13?,14?,17-,18-,39?,40?/m1/s1. The summed E-state index contributed by atoms with van der Waals surface area (Å²) in [4.78, 5) is 48.3. The molecule has 3 fully saturated rings. The van der Waals surface area contributed by atoms with Crippen molar-refractivity contribution in [2.75, 3.05) is 18.9 Å². The predicted molar refractivity (Wildman–Crippen MR) is 142 cm³/mol.